The number of ether oxygens (including phenoxy) is 1. The number of anilines is 1. The number of nitrogens with zero attached hydrogens (tertiary/aromatic N) is 2. The number of carbonyl (C=O) groups is 1. The maximum Gasteiger partial charge on any atom is 0.344 e. The monoisotopic (exact) mass is 238 g/mol. The molecule has 1 fully saturated rings. The molecule has 0 spiro atoms. The lowest BCUT2D eigenvalue weighted by atomic mass is 10.3. The molecule has 2 rings (SSSR count). The van der Waals surface area contributed by atoms with Crippen LogP contribution < -0.4 is 4.90 Å². The smallest absolute Gasteiger partial charge is 0.344 e. The summed E-state index contributed by atoms with van der Waals surface area (Å²) in [5, 5.41) is 9.63. The maximum absolute atomic E-state index is 10.8. The third-order valence-corrected chi connectivity index (χ3v) is 3.50. The predicted octanol–water partition coefficient (Wildman–Crippen LogP) is 1.83. The minimum absolute atomic E-state index is 0.215. The van der Waals surface area contributed by atoms with Crippen LogP contribution in [0.4, 0.5) is 10.7 Å². The molecule has 1 saturated heterocycles. The van der Waals surface area contributed by atoms with Gasteiger partial charge >= 0.3 is 5.97 Å². The summed E-state index contributed by atoms with van der Waals surface area (Å²) in [6.07, 6.45) is 0. The maximum atomic E-state index is 10.8. The van der Waals surface area contributed by atoms with Gasteiger partial charge in [0, 0.05) is 13.1 Å². The van der Waals surface area contributed by atoms with E-state index in [9.17, 15) is 4.79 Å². The lowest BCUT2D eigenvalue weighted by Crippen LogP contribution is -2.35. The van der Waals surface area contributed by atoms with E-state index in [1.807, 2.05) is 4.90 Å². The van der Waals surface area contributed by atoms with Gasteiger partial charge in [-0.1, -0.05) is 0 Å². The van der Waals surface area contributed by atoms with Gasteiger partial charge in [-0.05, 0) is 6.07 Å². The molecule has 0 aliphatic carbocycles. The lowest BCUT2D eigenvalue weighted by molar-refractivity contribution is 0.0702. The van der Waals surface area contributed by atoms with Crippen molar-refractivity contribution in [2.75, 3.05) is 31.2 Å². The number of thiophene rings is 1. The Balaban J connectivity index is 2.31. The topological polar surface area (TPSA) is 54.1 Å². The minimum atomic E-state index is -0.977. The first-order chi connectivity index (χ1) is 7.72. The number of hydrogen-bond donors (Lipinski definition) is 1. The molecule has 1 aliphatic heterocycles. The first-order valence-electron chi connectivity index (χ1n) is 4.79. The molecule has 5 nitrogen and oxygen atoms in total. The number of aromatic carboxylic acids is 1. The highest BCUT2D eigenvalue weighted by Crippen LogP contribution is 2.38. The Morgan fingerprint density at radius 2 is 2.25 bits per heavy atom. The minimum Gasteiger partial charge on any atom is -0.477 e. The zero-order valence-electron chi connectivity index (χ0n) is 8.47. The van der Waals surface area contributed by atoms with Crippen molar-refractivity contribution in [1.82, 2.24) is 0 Å². The fraction of sp³-hybridized carbons (Fsp3) is 0.400. The molecule has 84 valence electrons. The molecule has 0 amide bonds. The fourth-order valence-corrected chi connectivity index (χ4v) is 2.54. The van der Waals surface area contributed by atoms with Crippen LogP contribution in [0.2, 0.25) is 0 Å². The highest BCUT2D eigenvalue weighted by Gasteiger charge is 2.20. The lowest BCUT2D eigenvalue weighted by Gasteiger charge is -2.27. The van der Waals surface area contributed by atoms with E-state index in [1.165, 1.54) is 6.07 Å². The second-order valence-electron chi connectivity index (χ2n) is 3.32. The van der Waals surface area contributed by atoms with Crippen LogP contribution in [0.5, 0.6) is 0 Å². The van der Waals surface area contributed by atoms with Crippen LogP contribution in [0.25, 0.3) is 4.85 Å². The fourth-order valence-electron chi connectivity index (χ4n) is 1.55. The SMILES string of the molecule is [C-]#[N+]c1cc(C(=O)O)sc1N1CCOCC1. The van der Waals surface area contributed by atoms with Crippen molar-refractivity contribution in [3.05, 3.63) is 22.4 Å². The van der Waals surface area contributed by atoms with E-state index in [2.05, 4.69) is 4.85 Å². The molecule has 1 aromatic heterocycles. The van der Waals surface area contributed by atoms with Crippen LogP contribution in [-0.4, -0.2) is 37.4 Å². The molecule has 1 N–H and O–H groups in total. The molecular weight excluding hydrogens is 228 g/mol. The Bertz CT molecular complexity index is 443. The molecule has 0 saturated carbocycles. The molecule has 0 aromatic carbocycles. The Hall–Kier alpha value is -1.58. The molecule has 0 atom stereocenters. The summed E-state index contributed by atoms with van der Waals surface area (Å²) in [5.41, 5.74) is 0.421. The number of morpholine rings is 1. The van der Waals surface area contributed by atoms with Crippen LogP contribution in [0.15, 0.2) is 6.07 Å². The number of rotatable bonds is 2. The second kappa shape index (κ2) is 4.51. The van der Waals surface area contributed by atoms with Crippen LogP contribution in [0.1, 0.15) is 9.67 Å². The van der Waals surface area contributed by atoms with E-state index in [1.54, 1.807) is 0 Å². The summed E-state index contributed by atoms with van der Waals surface area (Å²) in [5.74, 6) is -0.977. The summed E-state index contributed by atoms with van der Waals surface area (Å²) in [4.78, 5) is 16.4. The van der Waals surface area contributed by atoms with Gasteiger partial charge in [0.2, 0.25) is 5.69 Å². The summed E-state index contributed by atoms with van der Waals surface area (Å²) in [6.45, 7) is 9.70. The van der Waals surface area contributed by atoms with Gasteiger partial charge in [-0.2, -0.15) is 0 Å². The molecule has 16 heavy (non-hydrogen) atoms. The largest absolute Gasteiger partial charge is 0.477 e. The van der Waals surface area contributed by atoms with Crippen molar-refractivity contribution in [2.24, 2.45) is 0 Å². The van der Waals surface area contributed by atoms with Crippen LogP contribution in [-0.2, 0) is 4.74 Å². The molecule has 1 aliphatic rings. The molecule has 0 radical (unpaired) electrons. The van der Waals surface area contributed by atoms with Crippen molar-refractivity contribution in [1.29, 1.82) is 0 Å². The van der Waals surface area contributed by atoms with E-state index in [0.29, 0.717) is 32.0 Å². The molecule has 0 bridgehead atoms. The zero-order chi connectivity index (χ0) is 11.5. The predicted molar refractivity (Wildman–Crippen MR) is 60.6 cm³/mol. The van der Waals surface area contributed by atoms with E-state index in [0.717, 1.165) is 16.3 Å². The van der Waals surface area contributed by atoms with Gasteiger partial charge in [0.05, 0.1) is 24.8 Å². The average Bonchev–Trinajstić information content (AvgIpc) is 2.74. The quantitative estimate of drug-likeness (QED) is 0.799. The van der Waals surface area contributed by atoms with Crippen molar-refractivity contribution in [2.45, 2.75) is 0 Å². The highest BCUT2D eigenvalue weighted by molar-refractivity contribution is 7.18. The van der Waals surface area contributed by atoms with Gasteiger partial charge < -0.3 is 14.7 Å². The van der Waals surface area contributed by atoms with Gasteiger partial charge in [-0.3, -0.25) is 0 Å². The molecule has 0 unspecified atom stereocenters. The van der Waals surface area contributed by atoms with Gasteiger partial charge in [0.25, 0.3) is 0 Å². The Kier molecular flexibility index (Phi) is 3.08. The second-order valence-corrected chi connectivity index (χ2v) is 4.35. The van der Waals surface area contributed by atoms with Gasteiger partial charge in [0.15, 0.2) is 0 Å². The van der Waals surface area contributed by atoms with Crippen molar-refractivity contribution in [3.8, 4) is 0 Å². The van der Waals surface area contributed by atoms with Crippen LogP contribution >= 0.6 is 11.3 Å². The summed E-state index contributed by atoms with van der Waals surface area (Å²) < 4.78 is 5.22. The van der Waals surface area contributed by atoms with E-state index in [4.69, 9.17) is 16.4 Å². The van der Waals surface area contributed by atoms with E-state index < -0.39 is 5.97 Å². The average molecular weight is 238 g/mol. The van der Waals surface area contributed by atoms with Crippen molar-refractivity contribution in [3.63, 3.8) is 0 Å². The summed E-state index contributed by atoms with van der Waals surface area (Å²) >= 11 is 1.16. The van der Waals surface area contributed by atoms with Gasteiger partial charge in [-0.15, -0.1) is 11.3 Å². The van der Waals surface area contributed by atoms with E-state index in [-0.39, 0.29) is 4.88 Å². The van der Waals surface area contributed by atoms with Crippen molar-refractivity contribution < 1.29 is 14.6 Å². The normalized spacial score (nSPS) is 15.8. The molecule has 6 heteroatoms. The third kappa shape index (κ3) is 2.01. The Morgan fingerprint density at radius 1 is 1.56 bits per heavy atom. The van der Waals surface area contributed by atoms with Gasteiger partial charge in [-0.25, -0.2) is 9.64 Å². The third-order valence-electron chi connectivity index (χ3n) is 2.32. The highest BCUT2D eigenvalue weighted by atomic mass is 32.1. The molecular formula is C10H10N2O3S. The Morgan fingerprint density at radius 3 is 2.81 bits per heavy atom. The molecule has 1 aromatic rings. The van der Waals surface area contributed by atoms with Crippen molar-refractivity contribution >= 4 is 28.0 Å². The first kappa shape index (κ1) is 10.9. The molecule has 2 heterocycles. The standard InChI is InChI=1S/C10H10N2O3S/c1-11-7-6-8(10(13)14)16-9(7)12-2-4-15-5-3-12/h6H,2-5H2,(H,13,14). The summed E-state index contributed by atoms with van der Waals surface area (Å²) in [7, 11) is 0. The van der Waals surface area contributed by atoms with Gasteiger partial charge in [0.1, 0.15) is 4.88 Å². The van der Waals surface area contributed by atoms with Crippen LogP contribution in [0, 0.1) is 6.57 Å². The number of carboxylic acids is 1. The summed E-state index contributed by atoms with van der Waals surface area (Å²) in [6, 6.07) is 1.44. The number of carboxylic acid groups (broad SMARTS) is 1. The number of hydrogen-bond acceptors (Lipinski definition) is 4. The Labute approximate surface area is 96.7 Å². The van der Waals surface area contributed by atoms with Crippen LogP contribution in [0.3, 0.4) is 0 Å². The van der Waals surface area contributed by atoms with E-state index >= 15 is 0 Å². The first-order valence-corrected chi connectivity index (χ1v) is 5.61. The zero-order valence-corrected chi connectivity index (χ0v) is 9.29.